The molecule has 1 amide bonds. The summed E-state index contributed by atoms with van der Waals surface area (Å²) in [7, 11) is 0. The van der Waals surface area contributed by atoms with Crippen molar-refractivity contribution in [3.8, 4) is 0 Å². The van der Waals surface area contributed by atoms with E-state index in [9.17, 15) is 9.59 Å². The molecule has 5 heteroatoms. The summed E-state index contributed by atoms with van der Waals surface area (Å²) in [4.78, 5) is 25.3. The molecule has 0 bridgehead atoms. The normalized spacial score (nSPS) is 13.1. The van der Waals surface area contributed by atoms with Gasteiger partial charge in [0.15, 0.2) is 0 Å². The van der Waals surface area contributed by atoms with Gasteiger partial charge in [0.1, 0.15) is 6.61 Å². The van der Waals surface area contributed by atoms with Crippen molar-refractivity contribution >= 4 is 28.9 Å². The van der Waals surface area contributed by atoms with Gasteiger partial charge in [-0.05, 0) is 47.0 Å². The van der Waals surface area contributed by atoms with Crippen molar-refractivity contribution in [2.45, 2.75) is 20.0 Å². The molecule has 0 saturated carbocycles. The zero-order valence-electron chi connectivity index (χ0n) is 11.7. The first-order chi connectivity index (χ1) is 10.1. The summed E-state index contributed by atoms with van der Waals surface area (Å²) in [6.45, 7) is 2.52. The summed E-state index contributed by atoms with van der Waals surface area (Å²) in [6.07, 6.45) is 0.778. The van der Waals surface area contributed by atoms with Gasteiger partial charge in [-0.1, -0.05) is 0 Å². The Bertz CT molecular complexity index is 679. The summed E-state index contributed by atoms with van der Waals surface area (Å²) in [6, 6.07) is 7.31. The lowest BCUT2D eigenvalue weighted by Gasteiger charge is -2.14. The molecule has 1 aromatic carbocycles. The van der Waals surface area contributed by atoms with Crippen LogP contribution in [-0.4, -0.2) is 18.4 Å². The van der Waals surface area contributed by atoms with Crippen molar-refractivity contribution in [1.82, 2.24) is 0 Å². The van der Waals surface area contributed by atoms with E-state index in [4.69, 9.17) is 4.74 Å². The fourth-order valence-electron chi connectivity index (χ4n) is 2.46. The number of hydrogen-bond acceptors (Lipinski definition) is 4. The van der Waals surface area contributed by atoms with Crippen LogP contribution in [0.3, 0.4) is 0 Å². The number of esters is 1. The van der Waals surface area contributed by atoms with E-state index < -0.39 is 0 Å². The Labute approximate surface area is 127 Å². The molecule has 0 fully saturated rings. The van der Waals surface area contributed by atoms with Crippen LogP contribution in [0.25, 0.3) is 0 Å². The van der Waals surface area contributed by atoms with E-state index in [1.54, 1.807) is 29.2 Å². The van der Waals surface area contributed by atoms with Gasteiger partial charge in [0.05, 0.1) is 5.56 Å². The molecule has 21 heavy (non-hydrogen) atoms. The molecule has 0 radical (unpaired) electrons. The Kier molecular flexibility index (Phi) is 3.75. The van der Waals surface area contributed by atoms with E-state index in [2.05, 4.69) is 0 Å². The predicted molar refractivity (Wildman–Crippen MR) is 81.6 cm³/mol. The number of hydrogen-bond donors (Lipinski definition) is 0. The molecule has 3 rings (SSSR count). The summed E-state index contributed by atoms with van der Waals surface area (Å²) in [5.41, 5.74) is 3.46. The molecule has 0 aliphatic carbocycles. The fourth-order valence-corrected chi connectivity index (χ4v) is 3.12. The van der Waals surface area contributed by atoms with E-state index in [1.807, 2.05) is 29.0 Å². The van der Waals surface area contributed by atoms with Gasteiger partial charge >= 0.3 is 5.97 Å². The topological polar surface area (TPSA) is 46.6 Å². The third-order valence-corrected chi connectivity index (χ3v) is 4.27. The zero-order valence-corrected chi connectivity index (χ0v) is 12.5. The Morgan fingerprint density at radius 3 is 2.90 bits per heavy atom. The minimum absolute atomic E-state index is 0.0292. The second-order valence-electron chi connectivity index (χ2n) is 4.97. The second-order valence-corrected chi connectivity index (χ2v) is 5.75. The van der Waals surface area contributed by atoms with Gasteiger partial charge in [-0.3, -0.25) is 4.79 Å². The molecular formula is C16H15NO3S. The van der Waals surface area contributed by atoms with Crippen LogP contribution in [0.5, 0.6) is 0 Å². The molecule has 4 nitrogen and oxygen atoms in total. The van der Waals surface area contributed by atoms with E-state index >= 15 is 0 Å². The lowest BCUT2D eigenvalue weighted by atomic mass is 10.1. The van der Waals surface area contributed by atoms with Crippen LogP contribution in [0.4, 0.5) is 5.69 Å². The SMILES string of the molecule is CC(=O)N1CCc2cc(C(=O)OCc3ccsc3)ccc21. The van der Waals surface area contributed by atoms with E-state index in [0.29, 0.717) is 18.7 Å². The predicted octanol–water partition coefficient (Wildman–Crippen LogP) is 3.01. The lowest BCUT2D eigenvalue weighted by Crippen LogP contribution is -2.25. The van der Waals surface area contributed by atoms with Gasteiger partial charge in [-0.2, -0.15) is 11.3 Å². The summed E-state index contributed by atoms with van der Waals surface area (Å²) < 4.78 is 5.29. The van der Waals surface area contributed by atoms with Crippen molar-refractivity contribution in [1.29, 1.82) is 0 Å². The molecule has 0 spiro atoms. The summed E-state index contributed by atoms with van der Waals surface area (Å²) >= 11 is 1.58. The highest BCUT2D eigenvalue weighted by Gasteiger charge is 2.23. The molecule has 2 heterocycles. The van der Waals surface area contributed by atoms with Gasteiger partial charge < -0.3 is 9.64 Å². The van der Waals surface area contributed by atoms with Gasteiger partial charge in [0.25, 0.3) is 0 Å². The number of thiophene rings is 1. The number of carbonyl (C=O) groups is 2. The van der Waals surface area contributed by atoms with Crippen LogP contribution in [0.15, 0.2) is 35.0 Å². The highest BCUT2D eigenvalue weighted by molar-refractivity contribution is 7.07. The molecule has 1 aromatic heterocycles. The summed E-state index contributed by atoms with van der Waals surface area (Å²) in [5, 5.41) is 3.91. The fraction of sp³-hybridized carbons (Fsp3) is 0.250. The lowest BCUT2D eigenvalue weighted by molar-refractivity contribution is -0.116. The minimum atomic E-state index is -0.328. The smallest absolute Gasteiger partial charge is 0.338 e. The third-order valence-electron chi connectivity index (χ3n) is 3.54. The number of anilines is 1. The first-order valence-electron chi connectivity index (χ1n) is 6.74. The third kappa shape index (κ3) is 2.83. The van der Waals surface area contributed by atoms with Crippen molar-refractivity contribution in [3.05, 3.63) is 51.7 Å². The number of nitrogens with zero attached hydrogens (tertiary/aromatic N) is 1. The van der Waals surface area contributed by atoms with Gasteiger partial charge in [0.2, 0.25) is 5.91 Å². The monoisotopic (exact) mass is 301 g/mol. The average molecular weight is 301 g/mol. The molecular weight excluding hydrogens is 286 g/mol. The van der Waals surface area contributed by atoms with E-state index in [-0.39, 0.29) is 11.9 Å². The minimum Gasteiger partial charge on any atom is -0.457 e. The molecule has 2 aromatic rings. The molecule has 0 atom stereocenters. The number of carbonyl (C=O) groups excluding carboxylic acids is 2. The molecule has 0 unspecified atom stereocenters. The van der Waals surface area contributed by atoms with Crippen molar-refractivity contribution in [2.75, 3.05) is 11.4 Å². The Morgan fingerprint density at radius 1 is 1.33 bits per heavy atom. The number of amides is 1. The number of rotatable bonds is 3. The molecule has 0 saturated heterocycles. The van der Waals surface area contributed by atoms with Crippen LogP contribution in [0.2, 0.25) is 0 Å². The maximum Gasteiger partial charge on any atom is 0.338 e. The van der Waals surface area contributed by atoms with Crippen LogP contribution in [0.1, 0.15) is 28.4 Å². The quantitative estimate of drug-likeness (QED) is 0.819. The Morgan fingerprint density at radius 2 is 2.19 bits per heavy atom. The highest BCUT2D eigenvalue weighted by atomic mass is 32.1. The van der Waals surface area contributed by atoms with E-state index in [1.165, 1.54) is 0 Å². The first-order valence-corrected chi connectivity index (χ1v) is 7.68. The van der Waals surface area contributed by atoms with Gasteiger partial charge in [-0.15, -0.1) is 0 Å². The maximum absolute atomic E-state index is 12.1. The Balaban J connectivity index is 1.72. The van der Waals surface area contributed by atoms with E-state index in [0.717, 1.165) is 23.2 Å². The van der Waals surface area contributed by atoms with Crippen molar-refractivity contribution in [2.24, 2.45) is 0 Å². The zero-order chi connectivity index (χ0) is 14.8. The van der Waals surface area contributed by atoms with Crippen molar-refractivity contribution in [3.63, 3.8) is 0 Å². The molecule has 0 N–H and O–H groups in total. The second kappa shape index (κ2) is 5.69. The van der Waals surface area contributed by atoms with Crippen LogP contribution in [-0.2, 0) is 22.6 Å². The number of benzene rings is 1. The molecule has 1 aliphatic rings. The number of ether oxygens (including phenoxy) is 1. The maximum atomic E-state index is 12.1. The highest BCUT2D eigenvalue weighted by Crippen LogP contribution is 2.29. The number of fused-ring (bicyclic) bond motifs is 1. The average Bonchev–Trinajstić information content (AvgIpc) is 3.13. The first kappa shape index (κ1) is 13.8. The molecule has 1 aliphatic heterocycles. The van der Waals surface area contributed by atoms with Crippen LogP contribution < -0.4 is 4.90 Å². The standard InChI is InChI=1S/C16H15NO3S/c1-11(18)17-6-4-13-8-14(2-3-15(13)17)16(19)20-9-12-5-7-21-10-12/h2-3,5,7-8,10H,4,6,9H2,1H3. The van der Waals surface area contributed by atoms with Gasteiger partial charge in [-0.25, -0.2) is 4.79 Å². The van der Waals surface area contributed by atoms with Crippen LogP contribution >= 0.6 is 11.3 Å². The Hall–Kier alpha value is -2.14. The van der Waals surface area contributed by atoms with Crippen LogP contribution in [0, 0.1) is 0 Å². The van der Waals surface area contributed by atoms with Gasteiger partial charge in [0, 0.05) is 24.7 Å². The summed E-state index contributed by atoms with van der Waals surface area (Å²) in [5.74, 6) is -0.299. The van der Waals surface area contributed by atoms with Crippen molar-refractivity contribution < 1.29 is 14.3 Å². The largest absolute Gasteiger partial charge is 0.457 e. The molecule has 108 valence electrons.